The molecule has 7 heteroatoms. The fourth-order valence-electron chi connectivity index (χ4n) is 1.57. The Labute approximate surface area is 117 Å². The van der Waals surface area contributed by atoms with Crippen LogP contribution in [0.15, 0.2) is 0 Å². The van der Waals surface area contributed by atoms with Crippen molar-refractivity contribution in [3.8, 4) is 0 Å². The molecule has 0 aromatic carbocycles. The summed E-state index contributed by atoms with van der Waals surface area (Å²) in [4.78, 5) is 33.5. The zero-order valence-corrected chi connectivity index (χ0v) is 12.3. The van der Waals surface area contributed by atoms with Crippen molar-refractivity contribution >= 4 is 30.0 Å². The van der Waals surface area contributed by atoms with Crippen LogP contribution in [0.4, 0.5) is 0 Å². The number of carbonyl (C=O) groups excluding carboxylic acids is 2. The fraction of sp³-hybridized carbons (Fsp3) is 0.750. The molecule has 110 valence electrons. The molecule has 2 amide bonds. The topological polar surface area (TPSA) is 95.5 Å². The quantitative estimate of drug-likeness (QED) is 0.508. The van der Waals surface area contributed by atoms with Gasteiger partial charge in [-0.1, -0.05) is 13.8 Å². The summed E-state index contributed by atoms with van der Waals surface area (Å²) in [6.07, 6.45) is 3.19. The minimum atomic E-state index is -1.06. The standard InChI is InChI=1S/C12H22N2O4S/c1-8(2)6-10(12(17)18)14-11(16)9(13-7-15)4-5-19-3/h7-10H,4-6H2,1-3H3,(H,13,15)(H,14,16)(H,17,18). The number of rotatable bonds is 10. The average Bonchev–Trinajstić information content (AvgIpc) is 2.32. The maximum atomic E-state index is 11.9. The van der Waals surface area contributed by atoms with Crippen LogP contribution >= 0.6 is 11.8 Å². The molecule has 6 nitrogen and oxygen atoms in total. The third-order valence-electron chi connectivity index (χ3n) is 2.52. The van der Waals surface area contributed by atoms with Crippen LogP contribution in [0.1, 0.15) is 26.7 Å². The third kappa shape index (κ3) is 7.71. The van der Waals surface area contributed by atoms with Crippen molar-refractivity contribution in [2.45, 2.75) is 38.8 Å². The summed E-state index contributed by atoms with van der Waals surface area (Å²) < 4.78 is 0. The van der Waals surface area contributed by atoms with E-state index in [2.05, 4.69) is 10.6 Å². The van der Waals surface area contributed by atoms with E-state index < -0.39 is 24.0 Å². The largest absolute Gasteiger partial charge is 0.480 e. The summed E-state index contributed by atoms with van der Waals surface area (Å²) in [5, 5.41) is 13.9. The molecule has 0 heterocycles. The Morgan fingerprint density at radius 1 is 1.32 bits per heavy atom. The lowest BCUT2D eigenvalue weighted by molar-refractivity contribution is -0.142. The van der Waals surface area contributed by atoms with Gasteiger partial charge in [0.25, 0.3) is 0 Å². The van der Waals surface area contributed by atoms with E-state index in [4.69, 9.17) is 5.11 Å². The van der Waals surface area contributed by atoms with Crippen molar-refractivity contribution in [1.29, 1.82) is 0 Å². The number of hydrogen-bond acceptors (Lipinski definition) is 4. The van der Waals surface area contributed by atoms with Crippen LogP contribution in [0.3, 0.4) is 0 Å². The first-order valence-corrected chi connectivity index (χ1v) is 7.53. The summed E-state index contributed by atoms with van der Waals surface area (Å²) in [5.41, 5.74) is 0. The molecule has 0 aromatic rings. The lowest BCUT2D eigenvalue weighted by Gasteiger charge is -2.20. The zero-order valence-electron chi connectivity index (χ0n) is 11.5. The smallest absolute Gasteiger partial charge is 0.326 e. The molecule has 0 saturated heterocycles. The highest BCUT2D eigenvalue weighted by Gasteiger charge is 2.25. The molecule has 19 heavy (non-hydrogen) atoms. The van der Waals surface area contributed by atoms with Gasteiger partial charge in [-0.3, -0.25) is 9.59 Å². The molecule has 0 radical (unpaired) electrons. The Morgan fingerprint density at radius 3 is 2.37 bits per heavy atom. The molecule has 0 rings (SSSR count). The minimum Gasteiger partial charge on any atom is -0.480 e. The predicted octanol–water partition coefficient (Wildman–Crippen LogP) is 0.470. The van der Waals surface area contributed by atoms with Gasteiger partial charge >= 0.3 is 5.97 Å². The van der Waals surface area contributed by atoms with E-state index in [1.807, 2.05) is 20.1 Å². The highest BCUT2D eigenvalue weighted by atomic mass is 32.2. The van der Waals surface area contributed by atoms with Crippen LogP contribution < -0.4 is 10.6 Å². The van der Waals surface area contributed by atoms with Crippen LogP contribution in [-0.4, -0.2) is 47.5 Å². The summed E-state index contributed by atoms with van der Waals surface area (Å²) in [6, 6.07) is -1.60. The van der Waals surface area contributed by atoms with Gasteiger partial charge in [0.05, 0.1) is 0 Å². The number of aliphatic carboxylic acids is 1. The van der Waals surface area contributed by atoms with Gasteiger partial charge in [-0.05, 0) is 30.8 Å². The first-order valence-electron chi connectivity index (χ1n) is 6.14. The lowest BCUT2D eigenvalue weighted by Crippen LogP contribution is -2.50. The van der Waals surface area contributed by atoms with E-state index in [9.17, 15) is 14.4 Å². The first-order chi connectivity index (χ1) is 8.92. The summed E-state index contributed by atoms with van der Waals surface area (Å²) >= 11 is 1.56. The van der Waals surface area contributed by atoms with Crippen LogP contribution in [0.5, 0.6) is 0 Å². The second-order valence-corrected chi connectivity index (χ2v) is 5.63. The maximum Gasteiger partial charge on any atom is 0.326 e. The monoisotopic (exact) mass is 290 g/mol. The maximum absolute atomic E-state index is 11.9. The fourth-order valence-corrected chi connectivity index (χ4v) is 2.04. The second-order valence-electron chi connectivity index (χ2n) is 4.65. The normalized spacial score (nSPS) is 13.7. The van der Waals surface area contributed by atoms with E-state index in [1.54, 1.807) is 11.8 Å². The molecule has 2 unspecified atom stereocenters. The van der Waals surface area contributed by atoms with Crippen molar-refractivity contribution in [2.75, 3.05) is 12.0 Å². The number of amides is 2. The van der Waals surface area contributed by atoms with Gasteiger partial charge in [-0.15, -0.1) is 0 Å². The molecule has 0 aliphatic rings. The number of carbonyl (C=O) groups is 3. The molecule has 3 N–H and O–H groups in total. The number of carboxylic acid groups (broad SMARTS) is 1. The predicted molar refractivity (Wildman–Crippen MR) is 75.0 cm³/mol. The minimum absolute atomic E-state index is 0.157. The van der Waals surface area contributed by atoms with Crippen LogP contribution in [-0.2, 0) is 14.4 Å². The number of nitrogens with one attached hydrogen (secondary N) is 2. The Balaban J connectivity index is 4.55. The van der Waals surface area contributed by atoms with Crippen molar-refractivity contribution in [3.63, 3.8) is 0 Å². The van der Waals surface area contributed by atoms with Gasteiger partial charge in [0.15, 0.2) is 0 Å². The molecule has 0 aromatic heterocycles. The molecule has 0 bridgehead atoms. The van der Waals surface area contributed by atoms with Gasteiger partial charge in [0.1, 0.15) is 12.1 Å². The van der Waals surface area contributed by atoms with Gasteiger partial charge in [-0.25, -0.2) is 4.79 Å². The molecule has 0 aliphatic heterocycles. The van der Waals surface area contributed by atoms with E-state index in [1.165, 1.54) is 0 Å². The number of carboxylic acids is 1. The van der Waals surface area contributed by atoms with Crippen molar-refractivity contribution in [1.82, 2.24) is 10.6 Å². The average molecular weight is 290 g/mol. The molecule has 0 aliphatic carbocycles. The third-order valence-corrected chi connectivity index (χ3v) is 3.16. The highest BCUT2D eigenvalue weighted by Crippen LogP contribution is 2.06. The van der Waals surface area contributed by atoms with Gasteiger partial charge in [0.2, 0.25) is 12.3 Å². The van der Waals surface area contributed by atoms with Crippen LogP contribution in [0.2, 0.25) is 0 Å². The molecular formula is C12H22N2O4S. The Hall–Kier alpha value is -1.24. The first kappa shape index (κ1) is 17.8. The van der Waals surface area contributed by atoms with E-state index >= 15 is 0 Å². The summed E-state index contributed by atoms with van der Waals surface area (Å²) in [5.74, 6) is -0.642. The van der Waals surface area contributed by atoms with Crippen molar-refractivity contribution in [3.05, 3.63) is 0 Å². The van der Waals surface area contributed by atoms with Crippen LogP contribution in [0, 0.1) is 5.92 Å². The lowest BCUT2D eigenvalue weighted by atomic mass is 10.0. The number of thioether (sulfide) groups is 1. The zero-order chi connectivity index (χ0) is 14.8. The second kappa shape index (κ2) is 9.66. The number of hydrogen-bond donors (Lipinski definition) is 3. The molecule has 0 saturated carbocycles. The van der Waals surface area contributed by atoms with Gasteiger partial charge in [0, 0.05) is 0 Å². The molecule has 2 atom stereocenters. The van der Waals surface area contributed by atoms with E-state index in [0.29, 0.717) is 25.0 Å². The summed E-state index contributed by atoms with van der Waals surface area (Å²) in [7, 11) is 0. The van der Waals surface area contributed by atoms with E-state index in [-0.39, 0.29) is 5.92 Å². The highest BCUT2D eigenvalue weighted by molar-refractivity contribution is 7.98. The molecule has 0 fully saturated rings. The summed E-state index contributed by atoms with van der Waals surface area (Å²) in [6.45, 7) is 3.77. The Morgan fingerprint density at radius 2 is 1.95 bits per heavy atom. The SMILES string of the molecule is CSCCC(NC=O)C(=O)NC(CC(C)C)C(=O)O. The van der Waals surface area contributed by atoms with Gasteiger partial charge in [-0.2, -0.15) is 11.8 Å². The van der Waals surface area contributed by atoms with Crippen molar-refractivity contribution in [2.24, 2.45) is 5.92 Å². The van der Waals surface area contributed by atoms with Crippen molar-refractivity contribution < 1.29 is 19.5 Å². The van der Waals surface area contributed by atoms with E-state index in [0.717, 1.165) is 0 Å². The Kier molecular flexibility index (Phi) is 9.03. The molecule has 0 spiro atoms. The Bertz CT molecular complexity index is 310. The van der Waals surface area contributed by atoms with Crippen LogP contribution in [0.25, 0.3) is 0 Å². The van der Waals surface area contributed by atoms with Gasteiger partial charge < -0.3 is 15.7 Å². The molecular weight excluding hydrogens is 268 g/mol.